The number of hydrazone groups is 1. The van der Waals surface area contributed by atoms with Gasteiger partial charge >= 0.3 is 0 Å². The highest BCUT2D eigenvalue weighted by Gasteiger charge is 2.23. The van der Waals surface area contributed by atoms with Crippen LogP contribution in [-0.4, -0.2) is 23.3 Å². The molecule has 0 aromatic heterocycles. The van der Waals surface area contributed by atoms with Gasteiger partial charge in [-0.25, -0.2) is 5.01 Å². The van der Waals surface area contributed by atoms with Crippen LogP contribution >= 0.6 is 0 Å². The van der Waals surface area contributed by atoms with Crippen LogP contribution in [0.3, 0.4) is 0 Å². The first kappa shape index (κ1) is 8.90. The molecule has 4 nitrogen and oxygen atoms in total. The largest absolute Gasteiger partial charge is 0.390 e. The fourth-order valence-corrected chi connectivity index (χ4v) is 1.34. The molecule has 4 heteroatoms. The molecule has 1 heterocycles. The topological polar surface area (TPSA) is 52.9 Å². The molecule has 1 aliphatic heterocycles. The van der Waals surface area contributed by atoms with Gasteiger partial charge in [-0.15, -0.1) is 0 Å². The van der Waals surface area contributed by atoms with E-state index in [9.17, 15) is 4.79 Å². The predicted octanol–water partition coefficient (Wildman–Crippen LogP) is 0.772. The van der Waals surface area contributed by atoms with Crippen LogP contribution in [0.1, 0.15) is 6.42 Å². The summed E-state index contributed by atoms with van der Waals surface area (Å²) >= 11 is 0. The van der Waals surface area contributed by atoms with Crippen molar-refractivity contribution < 1.29 is 9.90 Å². The molecule has 0 bridgehead atoms. The van der Waals surface area contributed by atoms with Gasteiger partial charge < -0.3 is 5.11 Å². The normalized spacial score (nSPS) is 15.9. The minimum atomic E-state index is -0.158. The third kappa shape index (κ3) is 1.52. The van der Waals surface area contributed by atoms with Crippen LogP contribution in [0.15, 0.2) is 35.4 Å². The van der Waals surface area contributed by atoms with Gasteiger partial charge in [0.05, 0.1) is 24.4 Å². The number of nitrogens with zero attached hydrogens (tertiary/aromatic N) is 2. The molecule has 14 heavy (non-hydrogen) atoms. The number of hydrogen-bond donors (Lipinski definition) is 1. The van der Waals surface area contributed by atoms with E-state index in [4.69, 9.17) is 5.11 Å². The average Bonchev–Trinajstić information content (AvgIpc) is 2.61. The minimum absolute atomic E-state index is 0.0970. The van der Waals surface area contributed by atoms with E-state index in [2.05, 4.69) is 5.10 Å². The van der Waals surface area contributed by atoms with E-state index in [1.54, 1.807) is 0 Å². The number of carbonyl (C=O) groups excluding carboxylic acids is 1. The summed E-state index contributed by atoms with van der Waals surface area (Å²) in [6.07, 6.45) is 0.214. The molecule has 1 aromatic rings. The minimum Gasteiger partial charge on any atom is -0.390 e. The first-order chi connectivity index (χ1) is 6.81. The number of aliphatic hydroxyl groups excluding tert-OH is 1. The maximum atomic E-state index is 11.4. The molecule has 1 N–H and O–H groups in total. The molecule has 1 amide bonds. The van der Waals surface area contributed by atoms with Crippen molar-refractivity contribution in [2.45, 2.75) is 6.42 Å². The number of para-hydroxylation sites is 1. The third-order valence-electron chi connectivity index (χ3n) is 2.02. The van der Waals surface area contributed by atoms with E-state index < -0.39 is 0 Å². The molecule has 0 unspecified atom stereocenters. The molecule has 72 valence electrons. The van der Waals surface area contributed by atoms with E-state index in [-0.39, 0.29) is 18.9 Å². The summed E-state index contributed by atoms with van der Waals surface area (Å²) < 4.78 is 0. The lowest BCUT2D eigenvalue weighted by Gasteiger charge is -2.10. The molecular weight excluding hydrogens is 180 g/mol. The van der Waals surface area contributed by atoms with E-state index >= 15 is 0 Å². The summed E-state index contributed by atoms with van der Waals surface area (Å²) in [6, 6.07) is 9.17. The molecule has 1 aliphatic rings. The Balaban J connectivity index is 2.28. The zero-order valence-electron chi connectivity index (χ0n) is 7.55. The van der Waals surface area contributed by atoms with Gasteiger partial charge in [0.1, 0.15) is 0 Å². The van der Waals surface area contributed by atoms with E-state index in [1.165, 1.54) is 5.01 Å². The highest BCUT2D eigenvalue weighted by atomic mass is 16.3. The van der Waals surface area contributed by atoms with Gasteiger partial charge in [0.25, 0.3) is 5.91 Å². The quantitative estimate of drug-likeness (QED) is 0.748. The number of anilines is 1. The molecule has 0 saturated carbocycles. The van der Waals surface area contributed by atoms with E-state index in [0.717, 1.165) is 5.69 Å². The Bertz CT molecular complexity index is 373. The molecule has 0 saturated heterocycles. The third-order valence-corrected chi connectivity index (χ3v) is 2.02. The molecule has 2 rings (SSSR count). The second-order valence-electron chi connectivity index (χ2n) is 3.04. The van der Waals surface area contributed by atoms with Gasteiger partial charge in [0, 0.05) is 0 Å². The van der Waals surface area contributed by atoms with Crippen LogP contribution in [0.4, 0.5) is 5.69 Å². The van der Waals surface area contributed by atoms with Crippen LogP contribution < -0.4 is 5.01 Å². The van der Waals surface area contributed by atoms with Gasteiger partial charge in [0.2, 0.25) is 0 Å². The Morgan fingerprint density at radius 3 is 2.64 bits per heavy atom. The number of rotatable bonds is 2. The summed E-state index contributed by atoms with van der Waals surface area (Å²) in [4.78, 5) is 11.4. The smallest absolute Gasteiger partial charge is 0.253 e. The molecule has 0 radical (unpaired) electrons. The van der Waals surface area contributed by atoms with Crippen LogP contribution in [0.2, 0.25) is 0 Å². The summed E-state index contributed by atoms with van der Waals surface area (Å²) in [5.74, 6) is -0.0970. The van der Waals surface area contributed by atoms with Crippen LogP contribution in [-0.2, 0) is 4.79 Å². The lowest BCUT2D eigenvalue weighted by molar-refractivity contribution is -0.116. The van der Waals surface area contributed by atoms with Crippen LogP contribution in [0, 0.1) is 0 Å². The van der Waals surface area contributed by atoms with Crippen LogP contribution in [0.5, 0.6) is 0 Å². The number of amides is 1. The first-order valence-electron chi connectivity index (χ1n) is 4.36. The highest BCUT2D eigenvalue weighted by Crippen LogP contribution is 2.19. The lowest BCUT2D eigenvalue weighted by Crippen LogP contribution is -2.19. The van der Waals surface area contributed by atoms with Crippen molar-refractivity contribution in [1.29, 1.82) is 0 Å². The Hall–Kier alpha value is -1.68. The molecule has 0 spiro atoms. The summed E-state index contributed by atoms with van der Waals surface area (Å²) in [5, 5.41) is 14.2. The molecular formula is C10H10N2O2. The number of hydrogen-bond acceptors (Lipinski definition) is 3. The SMILES string of the molecule is O=C1CC(CO)=NN1c1ccccc1. The summed E-state index contributed by atoms with van der Waals surface area (Å²) in [5.41, 5.74) is 1.25. The van der Waals surface area contributed by atoms with Crippen molar-refractivity contribution >= 4 is 17.3 Å². The number of carbonyl (C=O) groups is 1. The highest BCUT2D eigenvalue weighted by molar-refractivity contribution is 6.13. The van der Waals surface area contributed by atoms with Crippen molar-refractivity contribution in [3.63, 3.8) is 0 Å². The van der Waals surface area contributed by atoms with Gasteiger partial charge in [-0.1, -0.05) is 18.2 Å². The number of aliphatic hydroxyl groups is 1. The average molecular weight is 190 g/mol. The predicted molar refractivity (Wildman–Crippen MR) is 53.1 cm³/mol. The lowest BCUT2D eigenvalue weighted by atomic mass is 10.3. The summed E-state index contributed by atoms with van der Waals surface area (Å²) in [7, 11) is 0. The van der Waals surface area contributed by atoms with Crippen molar-refractivity contribution in [3.8, 4) is 0 Å². The second kappa shape index (κ2) is 3.59. The van der Waals surface area contributed by atoms with Gasteiger partial charge in [0.15, 0.2) is 0 Å². The van der Waals surface area contributed by atoms with Gasteiger partial charge in [-0.3, -0.25) is 4.79 Å². The zero-order valence-corrected chi connectivity index (χ0v) is 7.55. The van der Waals surface area contributed by atoms with E-state index in [0.29, 0.717) is 5.71 Å². The maximum Gasteiger partial charge on any atom is 0.253 e. The number of benzene rings is 1. The van der Waals surface area contributed by atoms with E-state index in [1.807, 2.05) is 30.3 Å². The standard InChI is InChI=1S/C10H10N2O2/c13-7-8-6-10(14)12(11-8)9-4-2-1-3-5-9/h1-5,13H,6-7H2. The fourth-order valence-electron chi connectivity index (χ4n) is 1.34. The summed E-state index contributed by atoms with van der Waals surface area (Å²) in [6.45, 7) is -0.158. The Morgan fingerprint density at radius 1 is 1.36 bits per heavy atom. The van der Waals surface area contributed by atoms with Crippen molar-refractivity contribution in [3.05, 3.63) is 30.3 Å². The van der Waals surface area contributed by atoms with Gasteiger partial charge in [-0.2, -0.15) is 5.10 Å². The molecule has 1 aromatic carbocycles. The monoisotopic (exact) mass is 190 g/mol. The Kier molecular flexibility index (Phi) is 2.28. The first-order valence-corrected chi connectivity index (χ1v) is 4.36. The Labute approximate surface area is 81.5 Å². The van der Waals surface area contributed by atoms with Crippen molar-refractivity contribution in [2.24, 2.45) is 5.10 Å². The Morgan fingerprint density at radius 2 is 2.07 bits per heavy atom. The maximum absolute atomic E-state index is 11.4. The second-order valence-corrected chi connectivity index (χ2v) is 3.04. The molecule has 0 aliphatic carbocycles. The molecule has 0 atom stereocenters. The fraction of sp³-hybridized carbons (Fsp3) is 0.200. The molecule has 0 fully saturated rings. The van der Waals surface area contributed by atoms with Crippen LogP contribution in [0.25, 0.3) is 0 Å². The zero-order chi connectivity index (χ0) is 9.97. The van der Waals surface area contributed by atoms with Gasteiger partial charge in [-0.05, 0) is 12.1 Å². The van der Waals surface area contributed by atoms with Crippen molar-refractivity contribution in [2.75, 3.05) is 11.6 Å². The van der Waals surface area contributed by atoms with Crippen molar-refractivity contribution in [1.82, 2.24) is 0 Å².